The Morgan fingerprint density at radius 1 is 1.14 bits per heavy atom. The van der Waals surface area contributed by atoms with Gasteiger partial charge in [0.05, 0.1) is 7.05 Å². The molecule has 0 spiro atoms. The van der Waals surface area contributed by atoms with E-state index in [9.17, 15) is 5.21 Å². The van der Waals surface area contributed by atoms with Crippen LogP contribution in [0.5, 0.6) is 0 Å². The van der Waals surface area contributed by atoms with E-state index < -0.39 is 0 Å². The van der Waals surface area contributed by atoms with Crippen LogP contribution in [0.1, 0.15) is 25.0 Å². The first-order valence-electron chi connectivity index (χ1n) is 4.82. The van der Waals surface area contributed by atoms with Crippen LogP contribution in [-0.4, -0.2) is 25.9 Å². The van der Waals surface area contributed by atoms with Crippen molar-refractivity contribution < 1.29 is 5.06 Å². The summed E-state index contributed by atoms with van der Waals surface area (Å²) < 4.78 is 0. The summed E-state index contributed by atoms with van der Waals surface area (Å²) in [6.07, 6.45) is 1.87. The van der Waals surface area contributed by atoms with Gasteiger partial charge in [0.25, 0.3) is 0 Å². The third-order valence-electron chi connectivity index (χ3n) is 2.35. The molecule has 0 radical (unpaired) electrons. The monoisotopic (exact) mass is 187 g/mol. The van der Waals surface area contributed by atoms with Gasteiger partial charge in [-0.1, -0.05) is 32.0 Å². The second kappa shape index (κ2) is 6.26. The zero-order valence-electron chi connectivity index (χ0n) is 8.55. The normalized spacial score (nSPS) is 12.0. The molecule has 0 aliphatic heterocycles. The Kier molecular flexibility index (Phi) is 6.15. The molecular formula is C11H18LiNO. The van der Waals surface area contributed by atoms with Gasteiger partial charge in [-0.15, -0.1) is 0 Å². The first-order chi connectivity index (χ1) is 6.20. The molecule has 0 bridgehead atoms. The maximum absolute atomic E-state index is 11.4. The Hall–Kier alpha value is -0.263. The van der Waals surface area contributed by atoms with Crippen molar-refractivity contribution in [1.82, 2.24) is 0 Å². The van der Waals surface area contributed by atoms with Crippen LogP contribution in [0.2, 0.25) is 0 Å². The van der Waals surface area contributed by atoms with Crippen molar-refractivity contribution in [2.45, 2.75) is 26.7 Å². The molecule has 0 fully saturated rings. The van der Waals surface area contributed by atoms with Crippen LogP contribution in [0, 0.1) is 5.21 Å². The molecular weight excluding hydrogens is 169 g/mol. The van der Waals surface area contributed by atoms with Gasteiger partial charge >= 0.3 is 18.9 Å². The van der Waals surface area contributed by atoms with Crippen LogP contribution in [0.25, 0.3) is 0 Å². The number of hydrogen-bond acceptors (Lipinski definition) is 1. The maximum atomic E-state index is 11.4. The van der Waals surface area contributed by atoms with Gasteiger partial charge in [0.2, 0.25) is 0 Å². The van der Waals surface area contributed by atoms with E-state index in [0.29, 0.717) is 0 Å². The average molecular weight is 187 g/mol. The summed E-state index contributed by atoms with van der Waals surface area (Å²) in [4.78, 5) is 0. The SMILES string of the molecule is CCc1cccc(CC)c1[NH+](C)[O-].[LiH]. The summed E-state index contributed by atoms with van der Waals surface area (Å²) in [6.45, 7) is 4.17. The zero-order chi connectivity index (χ0) is 9.84. The van der Waals surface area contributed by atoms with Crippen molar-refractivity contribution in [3.63, 3.8) is 0 Å². The van der Waals surface area contributed by atoms with Gasteiger partial charge in [0.15, 0.2) is 0 Å². The third-order valence-corrected chi connectivity index (χ3v) is 2.35. The standard InChI is InChI=1S/C11H17NO.Li.H/c1-4-9-7-6-8-10(5-2)11(9)12(3)13;;/h6-8,12H,4-5H2,1-3H3;;. The summed E-state index contributed by atoms with van der Waals surface area (Å²) >= 11 is 0. The molecule has 3 heteroatoms. The Morgan fingerprint density at radius 2 is 1.57 bits per heavy atom. The van der Waals surface area contributed by atoms with Gasteiger partial charge < -0.3 is 10.3 Å². The molecule has 1 aromatic rings. The molecule has 1 unspecified atom stereocenters. The number of aryl methyl sites for hydroxylation is 2. The second-order valence-corrected chi connectivity index (χ2v) is 3.21. The van der Waals surface area contributed by atoms with E-state index in [2.05, 4.69) is 13.8 Å². The fourth-order valence-corrected chi connectivity index (χ4v) is 1.69. The number of para-hydroxylation sites is 1. The van der Waals surface area contributed by atoms with Crippen LogP contribution in [0.15, 0.2) is 18.2 Å². The van der Waals surface area contributed by atoms with Crippen LogP contribution in [0.4, 0.5) is 5.69 Å². The number of quaternary nitrogens is 1. The number of benzene rings is 1. The minimum atomic E-state index is 0. The summed E-state index contributed by atoms with van der Waals surface area (Å²) in [7, 11) is 1.65. The van der Waals surface area contributed by atoms with Gasteiger partial charge in [-0.2, -0.15) is 0 Å². The van der Waals surface area contributed by atoms with E-state index in [1.54, 1.807) is 7.05 Å². The molecule has 0 saturated carbocycles. The van der Waals surface area contributed by atoms with Crippen molar-refractivity contribution in [1.29, 1.82) is 0 Å². The van der Waals surface area contributed by atoms with Crippen LogP contribution in [-0.2, 0) is 12.8 Å². The third kappa shape index (κ3) is 2.86. The minimum absolute atomic E-state index is 0. The summed E-state index contributed by atoms with van der Waals surface area (Å²) in [5, 5.41) is 11.6. The zero-order valence-corrected chi connectivity index (χ0v) is 8.55. The van der Waals surface area contributed by atoms with Crippen LogP contribution >= 0.6 is 0 Å². The first kappa shape index (κ1) is 13.7. The Labute approximate surface area is 98.1 Å². The predicted molar refractivity (Wildman–Crippen MR) is 62.3 cm³/mol. The van der Waals surface area contributed by atoms with Crippen molar-refractivity contribution in [2.75, 3.05) is 7.05 Å². The van der Waals surface area contributed by atoms with E-state index in [4.69, 9.17) is 0 Å². The first-order valence-corrected chi connectivity index (χ1v) is 4.82. The molecule has 1 rings (SSSR count). The van der Waals surface area contributed by atoms with E-state index in [1.165, 1.54) is 11.1 Å². The number of nitrogens with one attached hydrogen (secondary N) is 1. The molecule has 14 heavy (non-hydrogen) atoms. The second-order valence-electron chi connectivity index (χ2n) is 3.21. The molecule has 0 heterocycles. The molecule has 0 aliphatic rings. The molecule has 74 valence electrons. The van der Waals surface area contributed by atoms with Crippen molar-refractivity contribution in [2.24, 2.45) is 0 Å². The van der Waals surface area contributed by atoms with E-state index in [-0.39, 0.29) is 23.9 Å². The van der Waals surface area contributed by atoms with Gasteiger partial charge in [-0.3, -0.25) is 0 Å². The van der Waals surface area contributed by atoms with E-state index >= 15 is 0 Å². The fourth-order valence-electron chi connectivity index (χ4n) is 1.69. The van der Waals surface area contributed by atoms with Gasteiger partial charge in [-0.05, 0) is 12.8 Å². The van der Waals surface area contributed by atoms with Gasteiger partial charge in [-0.25, -0.2) is 0 Å². The molecule has 1 atom stereocenters. The predicted octanol–water partition coefficient (Wildman–Crippen LogP) is 0.807. The van der Waals surface area contributed by atoms with Gasteiger partial charge in [0.1, 0.15) is 5.69 Å². The number of rotatable bonds is 3. The van der Waals surface area contributed by atoms with Gasteiger partial charge in [0, 0.05) is 11.1 Å². The van der Waals surface area contributed by atoms with Crippen molar-refractivity contribution in [3.05, 3.63) is 34.5 Å². The quantitative estimate of drug-likeness (QED) is 0.550. The summed E-state index contributed by atoms with van der Waals surface area (Å²) in [5.74, 6) is 0. The van der Waals surface area contributed by atoms with Crippen molar-refractivity contribution in [3.8, 4) is 0 Å². The molecule has 1 N–H and O–H groups in total. The molecule has 1 aromatic carbocycles. The summed E-state index contributed by atoms with van der Waals surface area (Å²) in [5.41, 5.74) is 3.28. The Bertz CT molecular complexity index is 264. The topological polar surface area (TPSA) is 27.5 Å². The molecule has 0 aromatic heterocycles. The average Bonchev–Trinajstić information content (AvgIpc) is 2.16. The molecule has 0 aliphatic carbocycles. The van der Waals surface area contributed by atoms with E-state index in [1.807, 2.05) is 18.2 Å². The fraction of sp³-hybridized carbons (Fsp3) is 0.455. The van der Waals surface area contributed by atoms with Crippen molar-refractivity contribution >= 4 is 24.5 Å². The molecule has 0 amide bonds. The molecule has 0 saturated heterocycles. The Morgan fingerprint density at radius 3 is 1.86 bits per heavy atom. The number of hydroxylamine groups is 1. The van der Waals surface area contributed by atoms with Crippen LogP contribution in [0.3, 0.4) is 0 Å². The molecule has 2 nitrogen and oxygen atoms in total. The number of hydrogen-bond donors (Lipinski definition) is 1. The van der Waals surface area contributed by atoms with Crippen LogP contribution < -0.4 is 5.06 Å². The summed E-state index contributed by atoms with van der Waals surface area (Å²) in [6, 6.07) is 6.11. The Balaban J connectivity index is 0.00000169. The van der Waals surface area contributed by atoms with E-state index in [0.717, 1.165) is 18.5 Å².